The minimum atomic E-state index is -0.321. The quantitative estimate of drug-likeness (QED) is 0.366. The van der Waals surface area contributed by atoms with E-state index < -0.39 is 0 Å². The number of imidazole rings is 1. The molecule has 2 heterocycles. The summed E-state index contributed by atoms with van der Waals surface area (Å²) in [6.45, 7) is 6.14. The summed E-state index contributed by atoms with van der Waals surface area (Å²) in [6, 6.07) is 16.0. The lowest BCUT2D eigenvalue weighted by molar-refractivity contribution is -0.143. The molecule has 0 amide bonds. The van der Waals surface area contributed by atoms with Crippen molar-refractivity contribution in [2.24, 2.45) is 0 Å². The Hall–Kier alpha value is -2.64. The number of rotatable bonds is 10. The van der Waals surface area contributed by atoms with Crippen LogP contribution in [0.2, 0.25) is 0 Å². The number of ether oxygens (including phenoxy) is 2. The number of benzene rings is 1. The van der Waals surface area contributed by atoms with Crippen LogP contribution >= 0.6 is 11.8 Å². The number of carbonyl (C=O) groups is 1. The molecular formula is C23H27N3O3S. The number of hydrogen-bond acceptors (Lipinski definition) is 6. The molecule has 1 unspecified atom stereocenters. The average molecular weight is 426 g/mol. The van der Waals surface area contributed by atoms with Crippen molar-refractivity contribution in [2.45, 2.75) is 49.1 Å². The number of nitrogens with zero attached hydrogens (tertiary/aromatic N) is 2. The SMILES string of the molecule is CC(=O)OCCOC(Cc1ccccn1)c1nc(C(C)C)c(Sc2ccccc2)[nH]1. The highest BCUT2D eigenvalue weighted by Gasteiger charge is 2.22. The van der Waals surface area contributed by atoms with Crippen LogP contribution in [0.4, 0.5) is 0 Å². The van der Waals surface area contributed by atoms with E-state index in [9.17, 15) is 4.79 Å². The van der Waals surface area contributed by atoms with Gasteiger partial charge in [-0.05, 0) is 30.2 Å². The Morgan fingerprint density at radius 2 is 1.87 bits per heavy atom. The maximum Gasteiger partial charge on any atom is 0.302 e. The highest BCUT2D eigenvalue weighted by Crippen LogP contribution is 2.34. The molecule has 6 nitrogen and oxygen atoms in total. The fraction of sp³-hybridized carbons (Fsp3) is 0.348. The van der Waals surface area contributed by atoms with Gasteiger partial charge in [-0.1, -0.05) is 49.9 Å². The number of pyridine rings is 1. The van der Waals surface area contributed by atoms with Crippen LogP contribution in [0.15, 0.2) is 64.6 Å². The summed E-state index contributed by atoms with van der Waals surface area (Å²) in [4.78, 5) is 25.0. The van der Waals surface area contributed by atoms with Gasteiger partial charge in [-0.25, -0.2) is 4.98 Å². The minimum absolute atomic E-state index is 0.206. The average Bonchev–Trinajstić information content (AvgIpc) is 3.15. The predicted octanol–water partition coefficient (Wildman–Crippen LogP) is 4.94. The molecule has 3 rings (SSSR count). The molecule has 1 aromatic carbocycles. The van der Waals surface area contributed by atoms with Crippen molar-refractivity contribution >= 4 is 17.7 Å². The molecule has 0 fully saturated rings. The molecule has 0 bridgehead atoms. The summed E-state index contributed by atoms with van der Waals surface area (Å²) in [7, 11) is 0. The Balaban J connectivity index is 1.83. The lowest BCUT2D eigenvalue weighted by Gasteiger charge is -2.15. The Morgan fingerprint density at radius 3 is 2.53 bits per heavy atom. The summed E-state index contributed by atoms with van der Waals surface area (Å²) in [5, 5.41) is 1.01. The number of hydrogen-bond donors (Lipinski definition) is 1. The van der Waals surface area contributed by atoms with Gasteiger partial charge in [0, 0.05) is 30.1 Å². The van der Waals surface area contributed by atoms with E-state index >= 15 is 0 Å². The molecule has 0 spiro atoms. The summed E-state index contributed by atoms with van der Waals surface area (Å²) in [6.07, 6.45) is 2.02. The van der Waals surface area contributed by atoms with Crippen molar-refractivity contribution in [2.75, 3.05) is 13.2 Å². The Morgan fingerprint density at radius 1 is 1.10 bits per heavy atom. The summed E-state index contributed by atoms with van der Waals surface area (Å²) >= 11 is 1.66. The van der Waals surface area contributed by atoms with Crippen LogP contribution < -0.4 is 0 Å². The van der Waals surface area contributed by atoms with E-state index in [1.807, 2.05) is 36.4 Å². The van der Waals surface area contributed by atoms with E-state index in [0.717, 1.165) is 27.1 Å². The molecular weight excluding hydrogens is 398 g/mol. The first-order valence-corrected chi connectivity index (χ1v) is 10.8. The van der Waals surface area contributed by atoms with Crippen molar-refractivity contribution in [3.8, 4) is 0 Å². The van der Waals surface area contributed by atoms with Gasteiger partial charge in [0.1, 0.15) is 23.6 Å². The Labute approximate surface area is 181 Å². The molecule has 0 aliphatic rings. The van der Waals surface area contributed by atoms with Gasteiger partial charge < -0.3 is 14.5 Å². The molecule has 0 radical (unpaired) electrons. The number of esters is 1. The van der Waals surface area contributed by atoms with Crippen LogP contribution in [0.3, 0.4) is 0 Å². The number of aromatic nitrogens is 3. The molecule has 1 atom stereocenters. The van der Waals surface area contributed by atoms with Gasteiger partial charge in [0.15, 0.2) is 0 Å². The minimum Gasteiger partial charge on any atom is -0.463 e. The van der Waals surface area contributed by atoms with E-state index in [2.05, 4.69) is 35.9 Å². The van der Waals surface area contributed by atoms with Gasteiger partial charge in [-0.15, -0.1) is 0 Å². The van der Waals surface area contributed by atoms with Crippen LogP contribution in [0.25, 0.3) is 0 Å². The molecule has 7 heteroatoms. The highest BCUT2D eigenvalue weighted by molar-refractivity contribution is 7.99. The van der Waals surface area contributed by atoms with E-state index in [1.54, 1.807) is 18.0 Å². The van der Waals surface area contributed by atoms with Gasteiger partial charge in [0.25, 0.3) is 0 Å². The molecule has 0 saturated heterocycles. The van der Waals surface area contributed by atoms with Gasteiger partial charge in [0.05, 0.1) is 12.3 Å². The molecule has 158 valence electrons. The van der Waals surface area contributed by atoms with E-state index in [-0.39, 0.29) is 31.2 Å². The fourth-order valence-corrected chi connectivity index (χ4v) is 4.01. The van der Waals surface area contributed by atoms with E-state index in [1.165, 1.54) is 6.92 Å². The van der Waals surface area contributed by atoms with Gasteiger partial charge in [0.2, 0.25) is 0 Å². The first-order valence-electron chi connectivity index (χ1n) is 10.0. The molecule has 0 aliphatic heterocycles. The van der Waals surface area contributed by atoms with Crippen LogP contribution in [-0.4, -0.2) is 34.1 Å². The Bertz CT molecular complexity index is 929. The maximum absolute atomic E-state index is 11.0. The van der Waals surface area contributed by atoms with Gasteiger partial charge in [-0.2, -0.15) is 0 Å². The van der Waals surface area contributed by atoms with Gasteiger partial charge in [-0.3, -0.25) is 9.78 Å². The lowest BCUT2D eigenvalue weighted by Crippen LogP contribution is -2.15. The highest BCUT2D eigenvalue weighted by atomic mass is 32.2. The van der Waals surface area contributed by atoms with E-state index in [4.69, 9.17) is 14.5 Å². The second-order valence-electron chi connectivity index (χ2n) is 7.13. The molecule has 30 heavy (non-hydrogen) atoms. The standard InChI is InChI=1S/C23H27N3O3S/c1-16(2)21-23(30-19-10-5-4-6-11-19)26-22(25-21)20(29-14-13-28-17(3)27)15-18-9-7-8-12-24-18/h4-12,16,20H,13-15H2,1-3H3,(H,25,26). The van der Waals surface area contributed by atoms with Crippen molar-refractivity contribution in [1.82, 2.24) is 15.0 Å². The third-order valence-electron chi connectivity index (χ3n) is 4.36. The van der Waals surface area contributed by atoms with Crippen molar-refractivity contribution in [3.05, 3.63) is 71.9 Å². The number of aromatic amines is 1. The molecule has 3 aromatic rings. The first-order chi connectivity index (χ1) is 14.5. The van der Waals surface area contributed by atoms with Crippen molar-refractivity contribution in [1.29, 1.82) is 0 Å². The zero-order valence-electron chi connectivity index (χ0n) is 17.5. The third-order valence-corrected chi connectivity index (χ3v) is 5.38. The maximum atomic E-state index is 11.0. The van der Waals surface area contributed by atoms with Gasteiger partial charge >= 0.3 is 5.97 Å². The first kappa shape index (κ1) is 22.1. The number of nitrogens with one attached hydrogen (secondary N) is 1. The molecule has 1 N–H and O–H groups in total. The second-order valence-corrected chi connectivity index (χ2v) is 8.21. The smallest absolute Gasteiger partial charge is 0.302 e. The normalized spacial score (nSPS) is 12.1. The number of H-pyrrole nitrogens is 1. The van der Waals surface area contributed by atoms with Crippen molar-refractivity contribution in [3.63, 3.8) is 0 Å². The molecule has 2 aromatic heterocycles. The van der Waals surface area contributed by atoms with Crippen LogP contribution in [-0.2, 0) is 20.7 Å². The van der Waals surface area contributed by atoms with E-state index in [0.29, 0.717) is 6.42 Å². The Kier molecular flexibility index (Phi) is 8.04. The van der Waals surface area contributed by atoms with Crippen LogP contribution in [0.1, 0.15) is 50.0 Å². The summed E-state index contributed by atoms with van der Waals surface area (Å²) < 4.78 is 11.1. The summed E-state index contributed by atoms with van der Waals surface area (Å²) in [5.74, 6) is 0.699. The van der Waals surface area contributed by atoms with Crippen LogP contribution in [0, 0.1) is 0 Å². The molecule has 0 saturated carbocycles. The topological polar surface area (TPSA) is 77.1 Å². The second kappa shape index (κ2) is 10.9. The largest absolute Gasteiger partial charge is 0.463 e. The van der Waals surface area contributed by atoms with Crippen LogP contribution in [0.5, 0.6) is 0 Å². The number of carbonyl (C=O) groups excluding carboxylic acids is 1. The monoisotopic (exact) mass is 425 g/mol. The lowest BCUT2D eigenvalue weighted by atomic mass is 10.1. The molecule has 0 aliphatic carbocycles. The van der Waals surface area contributed by atoms with Crippen molar-refractivity contribution < 1.29 is 14.3 Å². The third kappa shape index (κ3) is 6.43. The fourth-order valence-electron chi connectivity index (χ4n) is 2.94. The zero-order chi connectivity index (χ0) is 21.3. The summed E-state index contributed by atoms with van der Waals surface area (Å²) in [5.41, 5.74) is 1.92. The zero-order valence-corrected chi connectivity index (χ0v) is 18.3. The predicted molar refractivity (Wildman–Crippen MR) is 117 cm³/mol.